The maximum Gasteiger partial charge on any atom is 0.251 e. The van der Waals surface area contributed by atoms with Crippen LogP contribution in [0.5, 0.6) is 0 Å². The lowest BCUT2D eigenvalue weighted by Crippen LogP contribution is -2.53. The van der Waals surface area contributed by atoms with E-state index in [0.717, 1.165) is 6.42 Å². The average molecular weight is 377 g/mol. The molecule has 1 heterocycles. The van der Waals surface area contributed by atoms with Gasteiger partial charge in [0, 0.05) is 31.6 Å². The van der Waals surface area contributed by atoms with Gasteiger partial charge in [0.1, 0.15) is 11.9 Å². The number of piperidine rings is 1. The number of amides is 3. The number of benzene rings is 1. The SMILES string of the molecule is CCCNC(=O)[C@H](NC(=O)c1ccc(F)cc1)C1CCN(C(=O)CC)CC1. The molecule has 1 aliphatic rings. The monoisotopic (exact) mass is 377 g/mol. The van der Waals surface area contributed by atoms with Gasteiger partial charge < -0.3 is 15.5 Å². The summed E-state index contributed by atoms with van der Waals surface area (Å²) in [6.07, 6.45) is 2.57. The van der Waals surface area contributed by atoms with Gasteiger partial charge in [0.2, 0.25) is 11.8 Å². The van der Waals surface area contributed by atoms with Crippen LogP contribution in [0.15, 0.2) is 24.3 Å². The molecule has 0 bridgehead atoms. The lowest BCUT2D eigenvalue weighted by molar-refractivity contribution is -0.132. The van der Waals surface area contributed by atoms with Crippen LogP contribution in [0.2, 0.25) is 0 Å². The van der Waals surface area contributed by atoms with Crippen molar-refractivity contribution in [3.8, 4) is 0 Å². The number of nitrogens with zero attached hydrogens (tertiary/aromatic N) is 1. The second-order valence-electron chi connectivity index (χ2n) is 6.82. The minimum atomic E-state index is -0.673. The fourth-order valence-corrected chi connectivity index (χ4v) is 3.29. The van der Waals surface area contributed by atoms with Gasteiger partial charge in [0.25, 0.3) is 5.91 Å². The minimum absolute atomic E-state index is 0.0489. The summed E-state index contributed by atoms with van der Waals surface area (Å²) in [5, 5.41) is 5.66. The van der Waals surface area contributed by atoms with Crippen molar-refractivity contribution in [3.63, 3.8) is 0 Å². The Morgan fingerprint density at radius 1 is 1.15 bits per heavy atom. The molecule has 7 heteroatoms. The van der Waals surface area contributed by atoms with Crippen LogP contribution < -0.4 is 10.6 Å². The van der Waals surface area contributed by atoms with Crippen molar-refractivity contribution in [2.75, 3.05) is 19.6 Å². The highest BCUT2D eigenvalue weighted by Crippen LogP contribution is 2.22. The van der Waals surface area contributed by atoms with Crippen molar-refractivity contribution in [1.29, 1.82) is 0 Å². The van der Waals surface area contributed by atoms with Crippen molar-refractivity contribution in [2.45, 2.75) is 45.6 Å². The molecule has 0 radical (unpaired) electrons. The van der Waals surface area contributed by atoms with Gasteiger partial charge in [-0.25, -0.2) is 4.39 Å². The Morgan fingerprint density at radius 2 is 1.78 bits per heavy atom. The molecule has 0 unspecified atom stereocenters. The molecule has 0 spiro atoms. The Balaban J connectivity index is 2.07. The van der Waals surface area contributed by atoms with Crippen molar-refractivity contribution < 1.29 is 18.8 Å². The average Bonchev–Trinajstić information content (AvgIpc) is 2.70. The number of carbonyl (C=O) groups excluding carboxylic acids is 3. The highest BCUT2D eigenvalue weighted by atomic mass is 19.1. The first-order valence-electron chi connectivity index (χ1n) is 9.58. The van der Waals surface area contributed by atoms with Crippen LogP contribution in [0.3, 0.4) is 0 Å². The first-order chi connectivity index (χ1) is 13.0. The molecule has 1 fully saturated rings. The minimum Gasteiger partial charge on any atom is -0.354 e. The molecule has 1 saturated heterocycles. The largest absolute Gasteiger partial charge is 0.354 e. The van der Waals surface area contributed by atoms with E-state index in [1.54, 1.807) is 4.90 Å². The van der Waals surface area contributed by atoms with E-state index in [0.29, 0.717) is 44.5 Å². The van der Waals surface area contributed by atoms with E-state index in [4.69, 9.17) is 0 Å². The van der Waals surface area contributed by atoms with Crippen LogP contribution in [0.4, 0.5) is 4.39 Å². The molecule has 1 atom stereocenters. The number of likely N-dealkylation sites (tertiary alicyclic amines) is 1. The maximum absolute atomic E-state index is 13.1. The molecule has 1 aromatic carbocycles. The molecule has 2 N–H and O–H groups in total. The third-order valence-electron chi connectivity index (χ3n) is 4.89. The number of hydrogen-bond acceptors (Lipinski definition) is 3. The number of halogens is 1. The van der Waals surface area contributed by atoms with E-state index in [1.807, 2.05) is 13.8 Å². The fourth-order valence-electron chi connectivity index (χ4n) is 3.29. The topological polar surface area (TPSA) is 78.5 Å². The Labute approximate surface area is 159 Å². The number of hydrogen-bond donors (Lipinski definition) is 2. The van der Waals surface area contributed by atoms with Crippen LogP contribution >= 0.6 is 0 Å². The zero-order valence-corrected chi connectivity index (χ0v) is 16.0. The van der Waals surface area contributed by atoms with Crippen molar-refractivity contribution in [2.24, 2.45) is 5.92 Å². The summed E-state index contributed by atoms with van der Waals surface area (Å²) in [5.74, 6) is -0.981. The normalized spacial score (nSPS) is 15.9. The van der Waals surface area contributed by atoms with Crippen LogP contribution in [-0.2, 0) is 9.59 Å². The molecule has 1 aromatic rings. The lowest BCUT2D eigenvalue weighted by Gasteiger charge is -2.35. The van der Waals surface area contributed by atoms with Gasteiger partial charge >= 0.3 is 0 Å². The quantitative estimate of drug-likeness (QED) is 0.764. The molecule has 0 saturated carbocycles. The number of carbonyl (C=O) groups is 3. The number of nitrogens with one attached hydrogen (secondary N) is 2. The molecular formula is C20H28FN3O3. The van der Waals surface area contributed by atoms with E-state index >= 15 is 0 Å². The van der Waals surface area contributed by atoms with Crippen molar-refractivity contribution in [3.05, 3.63) is 35.6 Å². The second-order valence-corrected chi connectivity index (χ2v) is 6.82. The van der Waals surface area contributed by atoms with Gasteiger partial charge in [-0.05, 0) is 49.4 Å². The Kier molecular flexibility index (Phi) is 7.76. The predicted octanol–water partition coefficient (Wildman–Crippen LogP) is 2.10. The van der Waals surface area contributed by atoms with Gasteiger partial charge in [-0.1, -0.05) is 13.8 Å². The first kappa shape index (κ1) is 20.9. The zero-order chi connectivity index (χ0) is 19.8. The van der Waals surface area contributed by atoms with Crippen LogP contribution in [0.25, 0.3) is 0 Å². The molecule has 2 rings (SSSR count). The molecule has 6 nitrogen and oxygen atoms in total. The van der Waals surface area contributed by atoms with Crippen molar-refractivity contribution >= 4 is 17.7 Å². The molecule has 148 valence electrons. The molecular weight excluding hydrogens is 349 g/mol. The summed E-state index contributed by atoms with van der Waals surface area (Å²) in [6, 6.07) is 4.56. The fraction of sp³-hybridized carbons (Fsp3) is 0.550. The Hall–Kier alpha value is -2.44. The van der Waals surface area contributed by atoms with E-state index in [2.05, 4.69) is 10.6 Å². The summed E-state index contributed by atoms with van der Waals surface area (Å²) in [5.41, 5.74) is 0.309. The summed E-state index contributed by atoms with van der Waals surface area (Å²) in [6.45, 7) is 5.50. The molecule has 27 heavy (non-hydrogen) atoms. The smallest absolute Gasteiger partial charge is 0.251 e. The summed E-state index contributed by atoms with van der Waals surface area (Å²) < 4.78 is 13.1. The highest BCUT2D eigenvalue weighted by molar-refractivity contribution is 5.97. The van der Waals surface area contributed by atoms with Gasteiger partial charge in [-0.3, -0.25) is 14.4 Å². The molecule has 0 aromatic heterocycles. The standard InChI is InChI=1S/C20H28FN3O3/c1-3-11-22-20(27)18(14-9-12-24(13-10-14)17(25)4-2)23-19(26)15-5-7-16(21)8-6-15/h5-8,14,18H,3-4,9-13H2,1-2H3,(H,22,27)(H,23,26)/t18-/m1/s1. The van der Waals surface area contributed by atoms with E-state index in [-0.39, 0.29) is 17.7 Å². The van der Waals surface area contributed by atoms with Gasteiger partial charge in [0.15, 0.2) is 0 Å². The van der Waals surface area contributed by atoms with Crippen LogP contribution in [0, 0.1) is 11.7 Å². The Morgan fingerprint density at radius 3 is 2.33 bits per heavy atom. The first-order valence-corrected chi connectivity index (χ1v) is 9.58. The van der Waals surface area contributed by atoms with Gasteiger partial charge in [-0.15, -0.1) is 0 Å². The van der Waals surface area contributed by atoms with Gasteiger partial charge in [0.05, 0.1) is 0 Å². The predicted molar refractivity (Wildman–Crippen MR) is 101 cm³/mol. The summed E-state index contributed by atoms with van der Waals surface area (Å²) in [4.78, 5) is 38.8. The summed E-state index contributed by atoms with van der Waals surface area (Å²) in [7, 11) is 0. The van der Waals surface area contributed by atoms with Crippen LogP contribution in [-0.4, -0.2) is 48.3 Å². The molecule has 0 aliphatic carbocycles. The van der Waals surface area contributed by atoms with Crippen molar-refractivity contribution in [1.82, 2.24) is 15.5 Å². The maximum atomic E-state index is 13.1. The lowest BCUT2D eigenvalue weighted by atomic mass is 9.88. The van der Waals surface area contributed by atoms with Gasteiger partial charge in [-0.2, -0.15) is 0 Å². The van der Waals surface area contributed by atoms with E-state index < -0.39 is 17.8 Å². The van der Waals surface area contributed by atoms with E-state index in [1.165, 1.54) is 24.3 Å². The number of rotatable bonds is 7. The van der Waals surface area contributed by atoms with E-state index in [9.17, 15) is 18.8 Å². The zero-order valence-electron chi connectivity index (χ0n) is 16.0. The molecule has 1 aliphatic heterocycles. The Bertz CT molecular complexity index is 655. The summed E-state index contributed by atoms with van der Waals surface area (Å²) >= 11 is 0. The molecule has 3 amide bonds. The highest BCUT2D eigenvalue weighted by Gasteiger charge is 2.33. The third kappa shape index (κ3) is 5.77. The third-order valence-corrected chi connectivity index (χ3v) is 4.89. The second kappa shape index (κ2) is 10.0. The van der Waals surface area contributed by atoms with Crippen LogP contribution in [0.1, 0.15) is 49.9 Å².